The zero-order valence-corrected chi connectivity index (χ0v) is 13.2. The van der Waals surface area contributed by atoms with Gasteiger partial charge in [-0.2, -0.15) is 0 Å². The highest BCUT2D eigenvalue weighted by atomic mass is 16.2. The highest BCUT2D eigenvalue weighted by Gasteiger charge is 2.34. The van der Waals surface area contributed by atoms with E-state index in [0.717, 1.165) is 12.8 Å². The molecule has 1 aliphatic heterocycles. The molecule has 0 radical (unpaired) electrons. The number of carbonyl (C=O) groups excluding carboxylic acids is 2. The van der Waals surface area contributed by atoms with E-state index in [9.17, 15) is 9.59 Å². The zero-order valence-electron chi connectivity index (χ0n) is 13.2. The summed E-state index contributed by atoms with van der Waals surface area (Å²) in [6.45, 7) is 9.38. The maximum Gasteiger partial charge on any atom is 0.227 e. The summed E-state index contributed by atoms with van der Waals surface area (Å²) in [6, 6.07) is 0.316. The fraction of sp³-hybridized carbons (Fsp3) is 0.875. The van der Waals surface area contributed by atoms with Crippen molar-refractivity contribution in [3.63, 3.8) is 0 Å². The quantitative estimate of drug-likeness (QED) is 0.861. The fourth-order valence-corrected chi connectivity index (χ4v) is 2.88. The van der Waals surface area contributed by atoms with E-state index in [4.69, 9.17) is 0 Å². The van der Waals surface area contributed by atoms with Crippen molar-refractivity contribution in [2.45, 2.75) is 59.4 Å². The number of carbonyl (C=O) groups is 2. The average Bonchev–Trinajstić information content (AvgIpc) is 3.21. The Morgan fingerprint density at radius 2 is 1.65 bits per heavy atom. The first-order valence-corrected chi connectivity index (χ1v) is 7.89. The van der Waals surface area contributed by atoms with Crippen molar-refractivity contribution < 1.29 is 9.59 Å². The van der Waals surface area contributed by atoms with Crippen molar-refractivity contribution in [1.29, 1.82) is 0 Å². The van der Waals surface area contributed by atoms with Gasteiger partial charge in [0.25, 0.3) is 0 Å². The molecule has 0 aromatic heterocycles. The summed E-state index contributed by atoms with van der Waals surface area (Å²) in [7, 11) is 0. The Bertz CT molecular complexity index is 374. The largest absolute Gasteiger partial charge is 0.353 e. The van der Waals surface area contributed by atoms with Crippen molar-refractivity contribution in [1.82, 2.24) is 10.2 Å². The predicted molar refractivity (Wildman–Crippen MR) is 79.1 cm³/mol. The molecule has 2 amide bonds. The molecule has 2 rings (SSSR count). The third-order valence-electron chi connectivity index (χ3n) is 4.49. The van der Waals surface area contributed by atoms with E-state index < -0.39 is 0 Å². The van der Waals surface area contributed by atoms with Crippen molar-refractivity contribution in [3.05, 3.63) is 0 Å². The lowest BCUT2D eigenvalue weighted by Crippen LogP contribution is -2.47. The van der Waals surface area contributed by atoms with Crippen LogP contribution in [0.5, 0.6) is 0 Å². The van der Waals surface area contributed by atoms with Gasteiger partial charge in [-0.05, 0) is 38.5 Å². The number of amides is 2. The van der Waals surface area contributed by atoms with Crippen LogP contribution in [-0.4, -0.2) is 35.8 Å². The van der Waals surface area contributed by atoms with Gasteiger partial charge in [0.1, 0.15) is 0 Å². The number of nitrogens with zero attached hydrogens (tertiary/aromatic N) is 1. The first-order chi connectivity index (χ1) is 9.29. The highest BCUT2D eigenvalue weighted by Crippen LogP contribution is 2.32. The molecule has 114 valence electrons. The fourth-order valence-electron chi connectivity index (χ4n) is 2.88. The molecule has 0 unspecified atom stereocenters. The summed E-state index contributed by atoms with van der Waals surface area (Å²) in [5.41, 5.74) is -0.324. The molecule has 0 aromatic carbocycles. The van der Waals surface area contributed by atoms with Gasteiger partial charge in [-0.3, -0.25) is 9.59 Å². The maximum absolute atomic E-state index is 12.2. The van der Waals surface area contributed by atoms with Crippen molar-refractivity contribution in [3.8, 4) is 0 Å². The molecule has 0 spiro atoms. The minimum Gasteiger partial charge on any atom is -0.353 e. The summed E-state index contributed by atoms with van der Waals surface area (Å²) >= 11 is 0. The van der Waals surface area contributed by atoms with Gasteiger partial charge in [0.15, 0.2) is 0 Å². The van der Waals surface area contributed by atoms with Gasteiger partial charge in [-0.1, -0.05) is 20.8 Å². The third-order valence-corrected chi connectivity index (χ3v) is 4.49. The molecule has 1 aliphatic carbocycles. The summed E-state index contributed by atoms with van der Waals surface area (Å²) in [5, 5.41) is 3.14. The van der Waals surface area contributed by atoms with Crippen LogP contribution in [0, 0.1) is 17.3 Å². The second-order valence-corrected chi connectivity index (χ2v) is 7.45. The summed E-state index contributed by atoms with van der Waals surface area (Å²) < 4.78 is 0. The van der Waals surface area contributed by atoms with Crippen LogP contribution in [0.3, 0.4) is 0 Å². The van der Waals surface area contributed by atoms with E-state index in [-0.39, 0.29) is 23.1 Å². The molecule has 20 heavy (non-hydrogen) atoms. The van der Waals surface area contributed by atoms with Gasteiger partial charge in [0.05, 0.1) is 0 Å². The molecular formula is C16H28N2O2. The number of piperidine rings is 1. The molecule has 0 bridgehead atoms. The average molecular weight is 280 g/mol. The van der Waals surface area contributed by atoms with Crippen LogP contribution >= 0.6 is 0 Å². The van der Waals surface area contributed by atoms with Gasteiger partial charge in [-0.15, -0.1) is 0 Å². The summed E-state index contributed by atoms with van der Waals surface area (Å²) in [6.07, 6.45) is 4.09. The van der Waals surface area contributed by atoms with Crippen molar-refractivity contribution >= 4 is 11.8 Å². The zero-order chi connectivity index (χ0) is 14.9. The molecule has 1 saturated heterocycles. The lowest BCUT2D eigenvalue weighted by molar-refractivity contribution is -0.142. The van der Waals surface area contributed by atoms with Gasteiger partial charge < -0.3 is 10.2 Å². The number of hydrogen-bond acceptors (Lipinski definition) is 2. The summed E-state index contributed by atoms with van der Waals surface area (Å²) in [4.78, 5) is 26.3. The second kappa shape index (κ2) is 5.74. The molecular weight excluding hydrogens is 252 g/mol. The van der Waals surface area contributed by atoms with E-state index in [0.29, 0.717) is 25.0 Å². The minimum atomic E-state index is -0.324. The number of likely N-dealkylation sites (tertiary alicyclic amines) is 1. The van der Waals surface area contributed by atoms with E-state index in [1.54, 1.807) is 0 Å². The first kappa shape index (κ1) is 15.3. The Labute approximate surface area is 122 Å². The number of nitrogens with one attached hydrogen (secondary N) is 1. The minimum absolute atomic E-state index is 0.0835. The Morgan fingerprint density at radius 1 is 1.10 bits per heavy atom. The Morgan fingerprint density at radius 3 is 2.10 bits per heavy atom. The van der Waals surface area contributed by atoms with E-state index in [1.807, 2.05) is 25.7 Å². The lowest BCUT2D eigenvalue weighted by Gasteiger charge is -2.35. The van der Waals surface area contributed by atoms with Crippen LogP contribution in [0.1, 0.15) is 53.4 Å². The molecule has 0 aromatic rings. The van der Waals surface area contributed by atoms with Crippen LogP contribution in [0.25, 0.3) is 0 Å². The topological polar surface area (TPSA) is 49.4 Å². The van der Waals surface area contributed by atoms with Gasteiger partial charge in [0.2, 0.25) is 11.8 Å². The molecule has 1 saturated carbocycles. The Kier molecular flexibility index (Phi) is 4.40. The molecule has 2 aliphatic rings. The Balaban J connectivity index is 1.78. The Hall–Kier alpha value is -1.06. The number of rotatable bonds is 3. The van der Waals surface area contributed by atoms with E-state index in [1.165, 1.54) is 12.8 Å². The van der Waals surface area contributed by atoms with Crippen LogP contribution in [0.2, 0.25) is 0 Å². The monoisotopic (exact) mass is 280 g/mol. The van der Waals surface area contributed by atoms with Crippen molar-refractivity contribution in [2.75, 3.05) is 13.1 Å². The maximum atomic E-state index is 12.2. The summed E-state index contributed by atoms with van der Waals surface area (Å²) in [5.74, 6) is 1.16. The highest BCUT2D eigenvalue weighted by molar-refractivity contribution is 5.82. The predicted octanol–water partition coefficient (Wildman–Crippen LogP) is 2.19. The molecule has 2 fully saturated rings. The number of hydrogen-bond donors (Lipinski definition) is 1. The van der Waals surface area contributed by atoms with Gasteiger partial charge in [0, 0.05) is 30.5 Å². The van der Waals surface area contributed by atoms with Crippen LogP contribution in [-0.2, 0) is 9.59 Å². The molecule has 4 nitrogen and oxygen atoms in total. The lowest BCUT2D eigenvalue weighted by atomic mass is 9.90. The molecule has 1 atom stereocenters. The van der Waals surface area contributed by atoms with Gasteiger partial charge in [-0.25, -0.2) is 0 Å². The van der Waals surface area contributed by atoms with Gasteiger partial charge >= 0.3 is 0 Å². The van der Waals surface area contributed by atoms with E-state index in [2.05, 4.69) is 12.2 Å². The standard InChI is InChI=1S/C16H28N2O2/c1-11(12-5-6-12)17-14(19)13-7-9-18(10-8-13)15(20)16(2,3)4/h11-13H,5-10H2,1-4H3,(H,17,19)/t11-/m0/s1. The van der Waals surface area contributed by atoms with Crippen molar-refractivity contribution in [2.24, 2.45) is 17.3 Å². The van der Waals surface area contributed by atoms with Crippen LogP contribution in [0.4, 0.5) is 0 Å². The van der Waals surface area contributed by atoms with E-state index >= 15 is 0 Å². The first-order valence-electron chi connectivity index (χ1n) is 7.89. The molecule has 4 heteroatoms. The molecule has 1 heterocycles. The second-order valence-electron chi connectivity index (χ2n) is 7.45. The SMILES string of the molecule is C[C@H](NC(=O)C1CCN(C(=O)C(C)(C)C)CC1)C1CC1. The smallest absolute Gasteiger partial charge is 0.227 e. The third kappa shape index (κ3) is 3.74. The normalized spacial score (nSPS) is 22.5. The molecule has 1 N–H and O–H groups in total. The van der Waals surface area contributed by atoms with Crippen LogP contribution < -0.4 is 5.32 Å². The van der Waals surface area contributed by atoms with Crippen LogP contribution in [0.15, 0.2) is 0 Å².